The third-order valence-corrected chi connectivity index (χ3v) is 3.29. The Morgan fingerprint density at radius 1 is 1.00 bits per heavy atom. The molecule has 1 nitrogen and oxygen atoms in total. The van der Waals surface area contributed by atoms with Gasteiger partial charge in [0.05, 0.1) is 0 Å². The summed E-state index contributed by atoms with van der Waals surface area (Å²) in [6, 6.07) is 9.23. The van der Waals surface area contributed by atoms with Crippen LogP contribution >= 0.6 is 0 Å². The smallest absolute Gasteiger partial charge is 0.126 e. The third-order valence-electron chi connectivity index (χ3n) is 3.29. The minimum Gasteiger partial charge on any atom is -0.324 e. The van der Waals surface area contributed by atoms with Gasteiger partial charge >= 0.3 is 0 Å². The van der Waals surface area contributed by atoms with Gasteiger partial charge in [0, 0.05) is 12.1 Å². The predicted octanol–water partition coefficient (Wildman–Crippen LogP) is 3.82. The van der Waals surface area contributed by atoms with Crippen molar-refractivity contribution in [1.82, 2.24) is 0 Å². The maximum absolute atomic E-state index is 13.2. The fraction of sp³-hybridized carbons (Fsp3) is 0.250. The standard InChI is InChI=1S/C16H17F2N/c1-10-4-3-5-11(2)16(10)15(19)8-12-6-13(17)9-14(18)7-12/h3-7,9,15H,8,19H2,1-2H3. The second-order valence-corrected chi connectivity index (χ2v) is 4.89. The topological polar surface area (TPSA) is 26.0 Å². The summed E-state index contributed by atoms with van der Waals surface area (Å²) in [5, 5.41) is 0. The molecule has 0 radical (unpaired) electrons. The third kappa shape index (κ3) is 3.18. The zero-order chi connectivity index (χ0) is 14.0. The first kappa shape index (κ1) is 13.7. The summed E-state index contributed by atoms with van der Waals surface area (Å²) in [5.41, 5.74) is 10.0. The lowest BCUT2D eigenvalue weighted by molar-refractivity contribution is 0.576. The highest BCUT2D eigenvalue weighted by atomic mass is 19.1. The zero-order valence-corrected chi connectivity index (χ0v) is 11.1. The van der Waals surface area contributed by atoms with E-state index in [9.17, 15) is 8.78 Å². The Morgan fingerprint density at radius 2 is 1.53 bits per heavy atom. The summed E-state index contributed by atoms with van der Waals surface area (Å²) in [5.74, 6) is -1.13. The van der Waals surface area contributed by atoms with E-state index >= 15 is 0 Å². The van der Waals surface area contributed by atoms with E-state index in [-0.39, 0.29) is 6.04 Å². The number of benzene rings is 2. The van der Waals surface area contributed by atoms with Gasteiger partial charge in [0.2, 0.25) is 0 Å². The Bertz CT molecular complexity index is 553. The lowest BCUT2D eigenvalue weighted by Gasteiger charge is -2.17. The van der Waals surface area contributed by atoms with Crippen LogP contribution < -0.4 is 5.73 Å². The molecule has 2 aromatic rings. The number of hydrogen-bond donors (Lipinski definition) is 1. The molecule has 0 amide bonds. The predicted molar refractivity (Wildman–Crippen MR) is 72.9 cm³/mol. The van der Waals surface area contributed by atoms with E-state index in [1.165, 1.54) is 12.1 Å². The van der Waals surface area contributed by atoms with Crippen LogP contribution in [0.15, 0.2) is 36.4 Å². The summed E-state index contributed by atoms with van der Waals surface area (Å²) < 4.78 is 26.3. The molecule has 0 bridgehead atoms. The normalized spacial score (nSPS) is 12.5. The van der Waals surface area contributed by atoms with Crippen molar-refractivity contribution in [2.45, 2.75) is 26.3 Å². The van der Waals surface area contributed by atoms with E-state index in [4.69, 9.17) is 5.73 Å². The fourth-order valence-corrected chi connectivity index (χ4v) is 2.50. The molecule has 2 N–H and O–H groups in total. The van der Waals surface area contributed by atoms with Gasteiger partial charge in [-0.15, -0.1) is 0 Å². The number of hydrogen-bond acceptors (Lipinski definition) is 1. The molecule has 2 aromatic carbocycles. The molecule has 0 saturated heterocycles. The summed E-state index contributed by atoms with van der Waals surface area (Å²) in [6.45, 7) is 3.99. The van der Waals surface area contributed by atoms with Gasteiger partial charge in [-0.25, -0.2) is 8.78 Å². The van der Waals surface area contributed by atoms with Crippen molar-refractivity contribution < 1.29 is 8.78 Å². The molecular formula is C16H17F2N. The molecule has 0 heterocycles. The Balaban J connectivity index is 2.28. The maximum atomic E-state index is 13.2. The van der Waals surface area contributed by atoms with Gasteiger partial charge in [0.1, 0.15) is 11.6 Å². The molecule has 0 aliphatic rings. The van der Waals surface area contributed by atoms with Gasteiger partial charge < -0.3 is 5.73 Å². The highest BCUT2D eigenvalue weighted by Gasteiger charge is 2.13. The SMILES string of the molecule is Cc1cccc(C)c1C(N)Cc1cc(F)cc(F)c1. The second kappa shape index (κ2) is 5.49. The average Bonchev–Trinajstić information content (AvgIpc) is 2.26. The highest BCUT2D eigenvalue weighted by Crippen LogP contribution is 2.23. The van der Waals surface area contributed by atoms with E-state index in [0.717, 1.165) is 22.8 Å². The van der Waals surface area contributed by atoms with Crippen LogP contribution in [0.1, 0.15) is 28.3 Å². The lowest BCUT2D eigenvalue weighted by atomic mass is 9.92. The molecule has 3 heteroatoms. The number of aryl methyl sites for hydroxylation is 2. The first-order valence-electron chi connectivity index (χ1n) is 6.24. The van der Waals surface area contributed by atoms with E-state index in [1.807, 2.05) is 32.0 Å². The number of halogens is 2. The molecule has 0 aromatic heterocycles. The summed E-state index contributed by atoms with van der Waals surface area (Å²) >= 11 is 0. The summed E-state index contributed by atoms with van der Waals surface area (Å²) in [7, 11) is 0. The van der Waals surface area contributed by atoms with Crippen LogP contribution in [0.3, 0.4) is 0 Å². The van der Waals surface area contributed by atoms with Crippen LogP contribution in [-0.4, -0.2) is 0 Å². The fourth-order valence-electron chi connectivity index (χ4n) is 2.50. The van der Waals surface area contributed by atoms with Crippen molar-refractivity contribution in [3.63, 3.8) is 0 Å². The Morgan fingerprint density at radius 3 is 2.05 bits per heavy atom. The average molecular weight is 261 g/mol. The van der Waals surface area contributed by atoms with Crippen molar-refractivity contribution >= 4 is 0 Å². The van der Waals surface area contributed by atoms with Crippen LogP contribution in [0.25, 0.3) is 0 Å². The Labute approximate surface area is 112 Å². The van der Waals surface area contributed by atoms with Crippen LogP contribution in [0.5, 0.6) is 0 Å². The van der Waals surface area contributed by atoms with Crippen LogP contribution in [-0.2, 0) is 6.42 Å². The van der Waals surface area contributed by atoms with Gasteiger partial charge in [-0.2, -0.15) is 0 Å². The van der Waals surface area contributed by atoms with E-state index in [0.29, 0.717) is 12.0 Å². The minimum absolute atomic E-state index is 0.262. The van der Waals surface area contributed by atoms with Crippen molar-refractivity contribution in [2.75, 3.05) is 0 Å². The molecule has 0 aliphatic carbocycles. The van der Waals surface area contributed by atoms with Crippen LogP contribution in [0, 0.1) is 25.5 Å². The summed E-state index contributed by atoms with van der Waals surface area (Å²) in [4.78, 5) is 0. The molecule has 0 fully saturated rings. The molecule has 0 aliphatic heterocycles. The summed E-state index contributed by atoms with van der Waals surface area (Å²) in [6.07, 6.45) is 0.417. The molecule has 0 saturated carbocycles. The van der Waals surface area contributed by atoms with Crippen molar-refractivity contribution in [1.29, 1.82) is 0 Å². The highest BCUT2D eigenvalue weighted by molar-refractivity contribution is 5.37. The van der Waals surface area contributed by atoms with Crippen molar-refractivity contribution in [3.8, 4) is 0 Å². The number of nitrogens with two attached hydrogens (primary N) is 1. The molecule has 0 spiro atoms. The molecule has 100 valence electrons. The van der Waals surface area contributed by atoms with Gasteiger partial charge in [0.15, 0.2) is 0 Å². The van der Waals surface area contributed by atoms with Crippen LogP contribution in [0.2, 0.25) is 0 Å². The number of rotatable bonds is 3. The monoisotopic (exact) mass is 261 g/mol. The molecule has 2 rings (SSSR count). The maximum Gasteiger partial charge on any atom is 0.126 e. The quantitative estimate of drug-likeness (QED) is 0.893. The Kier molecular flexibility index (Phi) is 3.96. The van der Waals surface area contributed by atoms with Gasteiger partial charge in [-0.1, -0.05) is 18.2 Å². The van der Waals surface area contributed by atoms with Crippen molar-refractivity contribution in [3.05, 3.63) is 70.3 Å². The minimum atomic E-state index is -0.566. The van der Waals surface area contributed by atoms with E-state index < -0.39 is 11.6 Å². The largest absolute Gasteiger partial charge is 0.324 e. The molecule has 1 atom stereocenters. The van der Waals surface area contributed by atoms with Gasteiger partial charge in [-0.05, 0) is 54.7 Å². The van der Waals surface area contributed by atoms with E-state index in [2.05, 4.69) is 0 Å². The van der Waals surface area contributed by atoms with E-state index in [1.54, 1.807) is 0 Å². The zero-order valence-electron chi connectivity index (χ0n) is 11.1. The first-order valence-corrected chi connectivity index (χ1v) is 6.24. The lowest BCUT2D eigenvalue weighted by Crippen LogP contribution is -2.16. The van der Waals surface area contributed by atoms with Gasteiger partial charge in [0.25, 0.3) is 0 Å². The van der Waals surface area contributed by atoms with Crippen LogP contribution in [0.4, 0.5) is 8.78 Å². The molecule has 1 unspecified atom stereocenters. The second-order valence-electron chi connectivity index (χ2n) is 4.89. The van der Waals surface area contributed by atoms with Crippen molar-refractivity contribution in [2.24, 2.45) is 5.73 Å². The molecular weight excluding hydrogens is 244 g/mol. The Hall–Kier alpha value is -1.74. The molecule has 19 heavy (non-hydrogen) atoms. The van der Waals surface area contributed by atoms with Gasteiger partial charge in [-0.3, -0.25) is 0 Å². The first-order chi connectivity index (χ1) is 8.97.